The first kappa shape index (κ1) is 13.6. The van der Waals surface area contributed by atoms with Gasteiger partial charge in [0.25, 0.3) is 0 Å². The van der Waals surface area contributed by atoms with Crippen molar-refractivity contribution < 1.29 is 9.53 Å². The number of nitrogens with zero attached hydrogens (tertiary/aromatic N) is 3. The highest BCUT2D eigenvalue weighted by Crippen LogP contribution is 2.36. The Morgan fingerprint density at radius 1 is 1.50 bits per heavy atom. The number of halogens is 1. The molecule has 0 saturated carbocycles. The molecule has 0 aliphatic carbocycles. The molecule has 2 aliphatic heterocycles. The minimum atomic E-state index is 0.123. The van der Waals surface area contributed by atoms with E-state index in [0.717, 1.165) is 18.7 Å². The maximum Gasteiger partial charge on any atom is 0.230 e. The SMILES string of the molecule is CCN1C(=O)CC2CCOCCN2c2cc(Cl)cnc21. The zero-order valence-corrected chi connectivity index (χ0v) is 12.3. The number of hydrogen-bond donors (Lipinski definition) is 0. The highest BCUT2D eigenvalue weighted by atomic mass is 35.5. The van der Waals surface area contributed by atoms with Crippen LogP contribution in [0.3, 0.4) is 0 Å². The lowest BCUT2D eigenvalue weighted by Gasteiger charge is -2.29. The van der Waals surface area contributed by atoms with Crippen LogP contribution in [0.5, 0.6) is 0 Å². The summed E-state index contributed by atoms with van der Waals surface area (Å²) in [4.78, 5) is 20.8. The number of hydrogen-bond acceptors (Lipinski definition) is 4. The van der Waals surface area contributed by atoms with Gasteiger partial charge in [-0.3, -0.25) is 9.69 Å². The first-order valence-electron chi connectivity index (χ1n) is 7.01. The van der Waals surface area contributed by atoms with Crippen LogP contribution < -0.4 is 9.80 Å². The predicted molar refractivity (Wildman–Crippen MR) is 78.5 cm³/mol. The number of ether oxygens (including phenoxy) is 1. The van der Waals surface area contributed by atoms with E-state index in [4.69, 9.17) is 16.3 Å². The Bertz CT molecular complexity index is 523. The van der Waals surface area contributed by atoms with E-state index in [1.165, 1.54) is 0 Å². The van der Waals surface area contributed by atoms with Gasteiger partial charge in [-0.1, -0.05) is 11.6 Å². The highest BCUT2D eigenvalue weighted by Gasteiger charge is 2.33. The average Bonchev–Trinajstić information content (AvgIpc) is 2.71. The Labute approximate surface area is 123 Å². The third kappa shape index (κ3) is 2.36. The molecule has 0 aromatic carbocycles. The summed E-state index contributed by atoms with van der Waals surface area (Å²) >= 11 is 6.11. The second-order valence-corrected chi connectivity index (χ2v) is 5.52. The number of amides is 1. The summed E-state index contributed by atoms with van der Waals surface area (Å²) in [7, 11) is 0. The lowest BCUT2D eigenvalue weighted by Crippen LogP contribution is -2.37. The fraction of sp³-hybridized carbons (Fsp3) is 0.571. The van der Waals surface area contributed by atoms with Crippen molar-refractivity contribution in [3.8, 4) is 0 Å². The monoisotopic (exact) mass is 295 g/mol. The van der Waals surface area contributed by atoms with E-state index >= 15 is 0 Å². The minimum absolute atomic E-state index is 0.123. The van der Waals surface area contributed by atoms with E-state index in [-0.39, 0.29) is 11.9 Å². The summed E-state index contributed by atoms with van der Waals surface area (Å²) in [5.74, 6) is 0.837. The largest absolute Gasteiger partial charge is 0.380 e. The molecule has 2 aliphatic rings. The highest BCUT2D eigenvalue weighted by molar-refractivity contribution is 6.30. The zero-order valence-electron chi connectivity index (χ0n) is 11.5. The van der Waals surface area contributed by atoms with Gasteiger partial charge >= 0.3 is 0 Å². The van der Waals surface area contributed by atoms with Crippen LogP contribution >= 0.6 is 11.6 Å². The number of fused-ring (bicyclic) bond motifs is 3. The van der Waals surface area contributed by atoms with E-state index in [1.54, 1.807) is 11.1 Å². The Kier molecular flexibility index (Phi) is 3.81. The Morgan fingerprint density at radius 2 is 2.35 bits per heavy atom. The molecule has 1 saturated heterocycles. The Balaban J connectivity index is 2.11. The van der Waals surface area contributed by atoms with Crippen molar-refractivity contribution >= 4 is 29.0 Å². The van der Waals surface area contributed by atoms with Crippen LogP contribution in [0.15, 0.2) is 12.3 Å². The molecule has 1 atom stereocenters. The van der Waals surface area contributed by atoms with Gasteiger partial charge in [-0.2, -0.15) is 0 Å². The van der Waals surface area contributed by atoms with Gasteiger partial charge in [0.05, 0.1) is 17.3 Å². The van der Waals surface area contributed by atoms with Crippen LogP contribution in [0.25, 0.3) is 0 Å². The van der Waals surface area contributed by atoms with Crippen LogP contribution in [0, 0.1) is 0 Å². The lowest BCUT2D eigenvalue weighted by molar-refractivity contribution is -0.118. The lowest BCUT2D eigenvalue weighted by atomic mass is 10.1. The zero-order chi connectivity index (χ0) is 14.1. The maximum absolute atomic E-state index is 12.4. The molecule has 1 aromatic rings. The Hall–Kier alpha value is -1.33. The topological polar surface area (TPSA) is 45.7 Å². The normalized spacial score (nSPS) is 22.9. The molecule has 0 radical (unpaired) electrons. The molecule has 3 rings (SSSR count). The molecule has 0 spiro atoms. The molecular weight excluding hydrogens is 278 g/mol. The molecule has 1 amide bonds. The summed E-state index contributed by atoms with van der Waals surface area (Å²) in [6.45, 7) is 4.73. The number of aromatic nitrogens is 1. The van der Waals surface area contributed by atoms with E-state index in [2.05, 4.69) is 9.88 Å². The van der Waals surface area contributed by atoms with Crippen LogP contribution in [0.1, 0.15) is 19.8 Å². The summed E-state index contributed by atoms with van der Waals surface area (Å²) in [5.41, 5.74) is 0.945. The van der Waals surface area contributed by atoms with Gasteiger partial charge in [0, 0.05) is 38.4 Å². The van der Waals surface area contributed by atoms with Gasteiger partial charge in [-0.15, -0.1) is 0 Å². The van der Waals surface area contributed by atoms with Crippen LogP contribution in [0.4, 0.5) is 11.5 Å². The molecule has 5 nitrogen and oxygen atoms in total. The standard InChI is InChI=1S/C14H18ClN3O2/c1-2-17-13(19)8-11-3-5-20-6-4-18(11)12-7-10(15)9-16-14(12)17/h7,9,11H,2-6,8H2,1H3. The molecular formula is C14H18ClN3O2. The molecule has 1 aromatic heterocycles. The van der Waals surface area contributed by atoms with E-state index in [0.29, 0.717) is 37.0 Å². The van der Waals surface area contributed by atoms with Crippen LogP contribution in [0.2, 0.25) is 5.02 Å². The molecule has 20 heavy (non-hydrogen) atoms. The van der Waals surface area contributed by atoms with Gasteiger partial charge in [-0.05, 0) is 19.4 Å². The number of carbonyl (C=O) groups excluding carboxylic acids is 1. The number of pyridine rings is 1. The van der Waals surface area contributed by atoms with Crippen molar-refractivity contribution in [1.29, 1.82) is 0 Å². The molecule has 6 heteroatoms. The third-order valence-electron chi connectivity index (χ3n) is 3.92. The molecule has 0 N–H and O–H groups in total. The van der Waals surface area contributed by atoms with Crippen LogP contribution in [-0.2, 0) is 9.53 Å². The molecule has 0 bridgehead atoms. The first-order chi connectivity index (χ1) is 9.70. The van der Waals surface area contributed by atoms with E-state index in [1.807, 2.05) is 13.0 Å². The number of rotatable bonds is 1. The van der Waals surface area contributed by atoms with Gasteiger partial charge < -0.3 is 9.64 Å². The van der Waals surface area contributed by atoms with Crippen molar-refractivity contribution in [3.05, 3.63) is 17.3 Å². The number of anilines is 2. The average molecular weight is 296 g/mol. The van der Waals surface area contributed by atoms with Crippen molar-refractivity contribution in [3.63, 3.8) is 0 Å². The van der Waals surface area contributed by atoms with Crippen LogP contribution in [-0.4, -0.2) is 43.2 Å². The smallest absolute Gasteiger partial charge is 0.230 e. The summed E-state index contributed by atoms with van der Waals surface area (Å²) in [6.07, 6.45) is 2.96. The van der Waals surface area contributed by atoms with E-state index < -0.39 is 0 Å². The molecule has 3 heterocycles. The summed E-state index contributed by atoms with van der Waals surface area (Å²) < 4.78 is 5.54. The van der Waals surface area contributed by atoms with Gasteiger partial charge in [-0.25, -0.2) is 4.98 Å². The third-order valence-corrected chi connectivity index (χ3v) is 4.13. The van der Waals surface area contributed by atoms with Gasteiger partial charge in [0.1, 0.15) is 0 Å². The van der Waals surface area contributed by atoms with Crippen molar-refractivity contribution in [1.82, 2.24) is 4.98 Å². The Morgan fingerprint density at radius 3 is 3.15 bits per heavy atom. The molecule has 1 fully saturated rings. The van der Waals surface area contributed by atoms with Gasteiger partial charge in [0.2, 0.25) is 5.91 Å². The molecule has 108 valence electrons. The predicted octanol–water partition coefficient (Wildman–Crippen LogP) is 2.09. The van der Waals surface area contributed by atoms with Crippen molar-refractivity contribution in [2.75, 3.05) is 36.1 Å². The van der Waals surface area contributed by atoms with E-state index in [9.17, 15) is 4.79 Å². The second-order valence-electron chi connectivity index (χ2n) is 5.09. The molecule has 1 unspecified atom stereocenters. The fourth-order valence-electron chi connectivity index (χ4n) is 2.95. The summed E-state index contributed by atoms with van der Waals surface area (Å²) in [5, 5.41) is 0.595. The van der Waals surface area contributed by atoms with Gasteiger partial charge in [0.15, 0.2) is 5.82 Å². The first-order valence-corrected chi connectivity index (χ1v) is 7.38. The van der Waals surface area contributed by atoms with Crippen molar-refractivity contribution in [2.45, 2.75) is 25.8 Å². The second kappa shape index (κ2) is 5.58. The van der Waals surface area contributed by atoms with Crippen molar-refractivity contribution in [2.24, 2.45) is 0 Å². The summed E-state index contributed by atoms with van der Waals surface area (Å²) in [6, 6.07) is 2.07. The fourth-order valence-corrected chi connectivity index (χ4v) is 3.10. The quantitative estimate of drug-likeness (QED) is 0.796. The minimum Gasteiger partial charge on any atom is -0.380 e. The maximum atomic E-state index is 12.4. The number of carbonyl (C=O) groups is 1.